The summed E-state index contributed by atoms with van der Waals surface area (Å²) in [5.41, 5.74) is 1.97. The van der Waals surface area contributed by atoms with Crippen molar-refractivity contribution < 1.29 is 18.8 Å². The van der Waals surface area contributed by atoms with Gasteiger partial charge in [0.15, 0.2) is 0 Å². The number of benzene rings is 2. The summed E-state index contributed by atoms with van der Waals surface area (Å²) in [6.45, 7) is 0.295. The topological polar surface area (TPSA) is 75.3 Å². The fourth-order valence-corrected chi connectivity index (χ4v) is 2.87. The molecule has 2 aromatic rings. The highest BCUT2D eigenvalue weighted by Crippen LogP contribution is 2.25. The summed E-state index contributed by atoms with van der Waals surface area (Å²) in [5.74, 6) is -1.00. The zero-order valence-corrected chi connectivity index (χ0v) is 13.7. The van der Waals surface area contributed by atoms with E-state index in [1.54, 1.807) is 42.5 Å². The Morgan fingerprint density at radius 2 is 1.76 bits per heavy atom. The molecule has 2 N–H and O–H groups in total. The number of hydrogen-bond donors (Lipinski definition) is 2. The van der Waals surface area contributed by atoms with Crippen molar-refractivity contribution >= 4 is 34.9 Å². The van der Waals surface area contributed by atoms with E-state index in [1.807, 2.05) is 0 Å². The van der Waals surface area contributed by atoms with Crippen LogP contribution in [0.15, 0.2) is 53.4 Å². The molecule has 0 aliphatic carbocycles. The van der Waals surface area contributed by atoms with Gasteiger partial charge in [-0.3, -0.25) is 19.7 Å². The highest BCUT2D eigenvalue weighted by atomic mass is 32.2. The van der Waals surface area contributed by atoms with Crippen LogP contribution >= 0.6 is 11.8 Å². The van der Waals surface area contributed by atoms with Crippen molar-refractivity contribution in [2.75, 3.05) is 0 Å². The maximum absolute atomic E-state index is 12.8. The van der Waals surface area contributed by atoms with E-state index in [9.17, 15) is 18.8 Å². The van der Waals surface area contributed by atoms with E-state index < -0.39 is 11.1 Å². The van der Waals surface area contributed by atoms with Crippen molar-refractivity contribution in [2.45, 2.75) is 6.54 Å². The molecule has 3 amide bonds. The quantitative estimate of drug-likeness (QED) is 0.826. The summed E-state index contributed by atoms with van der Waals surface area (Å²) < 4.78 is 12.8. The fourth-order valence-electron chi connectivity index (χ4n) is 2.19. The Morgan fingerprint density at radius 1 is 1.08 bits per heavy atom. The Balaban J connectivity index is 1.62. The van der Waals surface area contributed by atoms with Crippen LogP contribution in [0.5, 0.6) is 0 Å². The minimum absolute atomic E-state index is 0.258. The zero-order valence-electron chi connectivity index (χ0n) is 12.9. The molecule has 1 fully saturated rings. The molecule has 0 unspecified atom stereocenters. The predicted molar refractivity (Wildman–Crippen MR) is 93.1 cm³/mol. The molecule has 7 heteroatoms. The lowest BCUT2D eigenvalue weighted by atomic mass is 10.1. The lowest BCUT2D eigenvalue weighted by molar-refractivity contribution is -0.115. The van der Waals surface area contributed by atoms with Crippen molar-refractivity contribution in [1.82, 2.24) is 10.6 Å². The largest absolute Gasteiger partial charge is 0.348 e. The Bertz CT molecular complexity index is 861. The molecular weight excluding hydrogens is 343 g/mol. The first-order valence-electron chi connectivity index (χ1n) is 7.39. The third-order valence-corrected chi connectivity index (χ3v) is 4.29. The first-order chi connectivity index (χ1) is 12.0. The van der Waals surface area contributed by atoms with E-state index in [4.69, 9.17) is 0 Å². The Hall–Kier alpha value is -2.93. The van der Waals surface area contributed by atoms with Crippen molar-refractivity contribution in [3.05, 3.63) is 75.9 Å². The first-order valence-corrected chi connectivity index (χ1v) is 8.20. The summed E-state index contributed by atoms with van der Waals surface area (Å²) in [7, 11) is 0. The van der Waals surface area contributed by atoms with Gasteiger partial charge in [-0.1, -0.05) is 24.3 Å². The van der Waals surface area contributed by atoms with Crippen LogP contribution in [-0.4, -0.2) is 17.1 Å². The number of hydrogen-bond acceptors (Lipinski definition) is 4. The normalized spacial score (nSPS) is 15.3. The van der Waals surface area contributed by atoms with Gasteiger partial charge in [0.05, 0.1) is 4.91 Å². The molecule has 0 aromatic heterocycles. The van der Waals surface area contributed by atoms with E-state index in [-0.39, 0.29) is 11.7 Å². The zero-order chi connectivity index (χ0) is 17.8. The molecule has 0 bridgehead atoms. The summed E-state index contributed by atoms with van der Waals surface area (Å²) in [6, 6.07) is 12.5. The van der Waals surface area contributed by atoms with Crippen LogP contribution in [0.1, 0.15) is 21.5 Å². The monoisotopic (exact) mass is 356 g/mol. The third kappa shape index (κ3) is 4.33. The third-order valence-electron chi connectivity index (χ3n) is 3.48. The second-order valence-corrected chi connectivity index (χ2v) is 6.30. The second kappa shape index (κ2) is 7.31. The van der Waals surface area contributed by atoms with E-state index in [2.05, 4.69) is 10.6 Å². The summed E-state index contributed by atoms with van der Waals surface area (Å²) >= 11 is 0.841. The van der Waals surface area contributed by atoms with Crippen LogP contribution in [-0.2, 0) is 11.3 Å². The Morgan fingerprint density at radius 3 is 2.36 bits per heavy atom. The number of carbonyl (C=O) groups is 3. The van der Waals surface area contributed by atoms with Gasteiger partial charge in [-0.15, -0.1) is 0 Å². The van der Waals surface area contributed by atoms with Crippen LogP contribution < -0.4 is 10.6 Å². The molecule has 2 aromatic carbocycles. The van der Waals surface area contributed by atoms with Crippen molar-refractivity contribution in [2.24, 2.45) is 0 Å². The SMILES string of the molecule is O=C1NC(=O)/C(=C\c2ccc(C(=O)NCc3ccc(F)cc3)cc2)S1. The van der Waals surface area contributed by atoms with Crippen LogP contribution in [0, 0.1) is 5.82 Å². The number of amides is 3. The molecule has 0 atom stereocenters. The molecule has 25 heavy (non-hydrogen) atoms. The molecule has 0 radical (unpaired) electrons. The average molecular weight is 356 g/mol. The van der Waals surface area contributed by atoms with Crippen molar-refractivity contribution in [1.29, 1.82) is 0 Å². The summed E-state index contributed by atoms with van der Waals surface area (Å²) in [4.78, 5) is 35.1. The highest BCUT2D eigenvalue weighted by Gasteiger charge is 2.24. The molecule has 3 rings (SSSR count). The smallest absolute Gasteiger partial charge is 0.290 e. The molecule has 126 valence electrons. The number of imide groups is 1. The average Bonchev–Trinajstić information content (AvgIpc) is 2.92. The van der Waals surface area contributed by atoms with E-state index >= 15 is 0 Å². The summed E-state index contributed by atoms with van der Waals surface area (Å²) in [5, 5.41) is 4.54. The highest BCUT2D eigenvalue weighted by molar-refractivity contribution is 8.18. The van der Waals surface area contributed by atoms with E-state index in [0.29, 0.717) is 22.6 Å². The molecule has 0 saturated carbocycles. The second-order valence-electron chi connectivity index (χ2n) is 5.28. The number of halogens is 1. The molecule has 1 aliphatic rings. The van der Waals surface area contributed by atoms with Gasteiger partial charge in [-0.05, 0) is 53.2 Å². The Kier molecular flexibility index (Phi) is 4.95. The lowest BCUT2D eigenvalue weighted by Gasteiger charge is -2.06. The Labute approximate surface area is 147 Å². The van der Waals surface area contributed by atoms with Crippen LogP contribution in [0.25, 0.3) is 6.08 Å². The molecule has 5 nitrogen and oxygen atoms in total. The fraction of sp³-hybridized carbons (Fsp3) is 0.0556. The molecule has 1 aliphatic heterocycles. The lowest BCUT2D eigenvalue weighted by Crippen LogP contribution is -2.22. The van der Waals surface area contributed by atoms with Crippen LogP contribution in [0.2, 0.25) is 0 Å². The van der Waals surface area contributed by atoms with Gasteiger partial charge in [0.25, 0.3) is 17.1 Å². The number of nitrogens with one attached hydrogen (secondary N) is 2. The van der Waals surface area contributed by atoms with Crippen molar-refractivity contribution in [3.8, 4) is 0 Å². The van der Waals surface area contributed by atoms with Gasteiger partial charge in [-0.2, -0.15) is 0 Å². The van der Waals surface area contributed by atoms with Gasteiger partial charge < -0.3 is 5.32 Å². The van der Waals surface area contributed by atoms with Gasteiger partial charge >= 0.3 is 0 Å². The number of rotatable bonds is 4. The number of thioether (sulfide) groups is 1. The molecular formula is C18H13FN2O3S. The van der Waals surface area contributed by atoms with Crippen LogP contribution in [0.4, 0.5) is 9.18 Å². The van der Waals surface area contributed by atoms with Gasteiger partial charge in [-0.25, -0.2) is 4.39 Å². The number of carbonyl (C=O) groups excluding carboxylic acids is 3. The van der Waals surface area contributed by atoms with Gasteiger partial charge in [0.2, 0.25) is 0 Å². The van der Waals surface area contributed by atoms with E-state index in [1.165, 1.54) is 12.1 Å². The maximum Gasteiger partial charge on any atom is 0.290 e. The molecule has 0 spiro atoms. The first kappa shape index (κ1) is 16.9. The van der Waals surface area contributed by atoms with Gasteiger partial charge in [0.1, 0.15) is 5.82 Å². The predicted octanol–water partition coefficient (Wildman–Crippen LogP) is 3.08. The summed E-state index contributed by atoms with van der Waals surface area (Å²) in [6.07, 6.45) is 1.59. The molecule has 1 saturated heterocycles. The molecule has 1 heterocycles. The van der Waals surface area contributed by atoms with Crippen LogP contribution in [0.3, 0.4) is 0 Å². The van der Waals surface area contributed by atoms with E-state index in [0.717, 1.165) is 17.3 Å². The standard InChI is InChI=1S/C18H13FN2O3S/c19-14-7-3-12(4-8-14)10-20-16(22)13-5-1-11(2-6-13)9-15-17(23)21-18(24)25-15/h1-9H,10H2,(H,20,22)(H,21,23,24)/b15-9+. The minimum Gasteiger partial charge on any atom is -0.348 e. The van der Waals surface area contributed by atoms with Crippen molar-refractivity contribution in [3.63, 3.8) is 0 Å². The van der Waals surface area contributed by atoms with Gasteiger partial charge in [0, 0.05) is 12.1 Å². The maximum atomic E-state index is 12.8. The minimum atomic E-state index is -0.420.